The van der Waals surface area contributed by atoms with Gasteiger partial charge in [-0.15, -0.1) is 0 Å². The average molecular weight is 274 g/mol. The number of ketones is 1. The first-order valence-corrected chi connectivity index (χ1v) is 7.69. The molecule has 2 atom stereocenters. The molecule has 2 unspecified atom stereocenters. The molecule has 0 bridgehead atoms. The Morgan fingerprint density at radius 3 is 2.45 bits per heavy atom. The zero-order valence-electron chi connectivity index (χ0n) is 13.1. The summed E-state index contributed by atoms with van der Waals surface area (Å²) in [5.74, 6) is 1.78. The first kappa shape index (κ1) is 15.1. The number of carbonyl (C=O) groups excluding carboxylic acids is 1. The Hall–Kier alpha value is -1.31. The van der Waals surface area contributed by atoms with Crippen molar-refractivity contribution in [1.29, 1.82) is 0 Å². The number of rotatable bonds is 4. The SMILES string of the molecule is CCC(=O)c1ccc(OC2CC(C)CC(C)(C)C2)cc1. The molecular weight excluding hydrogens is 248 g/mol. The van der Waals surface area contributed by atoms with Crippen LogP contribution >= 0.6 is 0 Å². The molecule has 2 heteroatoms. The number of ether oxygens (including phenoxy) is 1. The van der Waals surface area contributed by atoms with Crippen LogP contribution in [0.15, 0.2) is 24.3 Å². The van der Waals surface area contributed by atoms with Crippen LogP contribution in [0.1, 0.15) is 63.7 Å². The lowest BCUT2D eigenvalue weighted by Gasteiger charge is -2.38. The molecule has 0 radical (unpaired) electrons. The van der Waals surface area contributed by atoms with E-state index in [0.717, 1.165) is 24.2 Å². The quantitative estimate of drug-likeness (QED) is 0.732. The molecule has 1 aromatic rings. The summed E-state index contributed by atoms with van der Waals surface area (Å²) < 4.78 is 6.12. The minimum Gasteiger partial charge on any atom is -0.490 e. The van der Waals surface area contributed by atoms with E-state index in [1.165, 1.54) is 6.42 Å². The summed E-state index contributed by atoms with van der Waals surface area (Å²) in [5.41, 5.74) is 1.14. The van der Waals surface area contributed by atoms with E-state index in [2.05, 4.69) is 20.8 Å². The minimum atomic E-state index is 0.184. The van der Waals surface area contributed by atoms with Gasteiger partial charge in [-0.05, 0) is 54.9 Å². The predicted octanol–water partition coefficient (Wildman–Crippen LogP) is 4.87. The molecule has 110 valence electrons. The maximum absolute atomic E-state index is 11.6. The van der Waals surface area contributed by atoms with Gasteiger partial charge in [-0.1, -0.05) is 27.7 Å². The number of hydrogen-bond acceptors (Lipinski definition) is 2. The summed E-state index contributed by atoms with van der Waals surface area (Å²) in [7, 11) is 0. The third kappa shape index (κ3) is 3.84. The van der Waals surface area contributed by atoms with Crippen LogP contribution in [0.4, 0.5) is 0 Å². The third-order valence-electron chi connectivity index (χ3n) is 4.15. The van der Waals surface area contributed by atoms with Gasteiger partial charge in [-0.3, -0.25) is 4.79 Å². The maximum Gasteiger partial charge on any atom is 0.162 e. The first-order valence-electron chi connectivity index (χ1n) is 7.69. The summed E-state index contributed by atoms with van der Waals surface area (Å²) in [5, 5.41) is 0. The highest BCUT2D eigenvalue weighted by Crippen LogP contribution is 2.39. The Balaban J connectivity index is 2.01. The van der Waals surface area contributed by atoms with Crippen LogP contribution in [0.2, 0.25) is 0 Å². The third-order valence-corrected chi connectivity index (χ3v) is 4.15. The standard InChI is InChI=1S/C18H26O2/c1-5-17(19)14-6-8-15(9-7-14)20-16-10-13(2)11-18(3,4)12-16/h6-9,13,16H,5,10-12H2,1-4H3. The molecule has 0 heterocycles. The van der Waals surface area contributed by atoms with Crippen LogP contribution in [0.3, 0.4) is 0 Å². The van der Waals surface area contributed by atoms with Crippen molar-refractivity contribution in [2.75, 3.05) is 0 Å². The van der Waals surface area contributed by atoms with Crippen molar-refractivity contribution < 1.29 is 9.53 Å². The van der Waals surface area contributed by atoms with Crippen molar-refractivity contribution in [3.05, 3.63) is 29.8 Å². The van der Waals surface area contributed by atoms with Gasteiger partial charge in [0.1, 0.15) is 5.75 Å². The zero-order valence-corrected chi connectivity index (χ0v) is 13.1. The van der Waals surface area contributed by atoms with E-state index in [0.29, 0.717) is 23.9 Å². The summed E-state index contributed by atoms with van der Waals surface area (Å²) in [6, 6.07) is 7.60. The number of hydrogen-bond donors (Lipinski definition) is 0. The molecule has 2 rings (SSSR count). The topological polar surface area (TPSA) is 26.3 Å². The minimum absolute atomic E-state index is 0.184. The van der Waals surface area contributed by atoms with Crippen LogP contribution in [-0.2, 0) is 0 Å². The molecule has 1 fully saturated rings. The zero-order chi connectivity index (χ0) is 14.8. The smallest absolute Gasteiger partial charge is 0.162 e. The predicted molar refractivity (Wildman–Crippen MR) is 82.3 cm³/mol. The van der Waals surface area contributed by atoms with Gasteiger partial charge in [-0.2, -0.15) is 0 Å². The summed E-state index contributed by atoms with van der Waals surface area (Å²) in [6.07, 6.45) is 4.35. The van der Waals surface area contributed by atoms with E-state index in [1.807, 2.05) is 31.2 Å². The number of benzene rings is 1. The van der Waals surface area contributed by atoms with E-state index in [4.69, 9.17) is 4.74 Å². The highest BCUT2D eigenvalue weighted by Gasteiger charge is 2.33. The molecule has 1 aliphatic carbocycles. The lowest BCUT2D eigenvalue weighted by atomic mass is 9.71. The molecule has 0 spiro atoms. The Bertz CT molecular complexity index is 459. The van der Waals surface area contributed by atoms with E-state index >= 15 is 0 Å². The highest BCUT2D eigenvalue weighted by atomic mass is 16.5. The molecule has 1 saturated carbocycles. The van der Waals surface area contributed by atoms with Gasteiger partial charge < -0.3 is 4.74 Å². The Morgan fingerprint density at radius 2 is 1.90 bits per heavy atom. The largest absolute Gasteiger partial charge is 0.490 e. The molecule has 0 saturated heterocycles. The average Bonchev–Trinajstić information content (AvgIpc) is 2.36. The van der Waals surface area contributed by atoms with E-state index in [1.54, 1.807) is 0 Å². The van der Waals surface area contributed by atoms with E-state index in [9.17, 15) is 4.79 Å². The van der Waals surface area contributed by atoms with Crippen LogP contribution < -0.4 is 4.74 Å². The van der Waals surface area contributed by atoms with Crippen molar-refractivity contribution >= 4 is 5.78 Å². The van der Waals surface area contributed by atoms with Crippen LogP contribution in [0, 0.1) is 11.3 Å². The van der Waals surface area contributed by atoms with Gasteiger partial charge in [-0.25, -0.2) is 0 Å². The van der Waals surface area contributed by atoms with Gasteiger partial charge in [0, 0.05) is 12.0 Å². The van der Waals surface area contributed by atoms with E-state index < -0.39 is 0 Å². The number of Topliss-reactive ketones (excluding diaryl/α,β-unsaturated/α-hetero) is 1. The molecule has 20 heavy (non-hydrogen) atoms. The van der Waals surface area contributed by atoms with Crippen LogP contribution in [-0.4, -0.2) is 11.9 Å². The Kier molecular flexibility index (Phi) is 4.52. The molecule has 1 aromatic carbocycles. The van der Waals surface area contributed by atoms with Gasteiger partial charge >= 0.3 is 0 Å². The molecule has 0 amide bonds. The first-order chi connectivity index (χ1) is 9.39. The normalized spacial score (nSPS) is 25.2. The lowest BCUT2D eigenvalue weighted by molar-refractivity contribution is 0.0562. The molecular formula is C18H26O2. The van der Waals surface area contributed by atoms with Gasteiger partial charge in [0.15, 0.2) is 5.78 Å². The molecule has 2 nitrogen and oxygen atoms in total. The van der Waals surface area contributed by atoms with Crippen molar-refractivity contribution in [2.45, 2.75) is 59.5 Å². The fraction of sp³-hybridized carbons (Fsp3) is 0.611. The molecule has 1 aliphatic rings. The van der Waals surface area contributed by atoms with Crippen LogP contribution in [0.5, 0.6) is 5.75 Å². The molecule has 0 aromatic heterocycles. The van der Waals surface area contributed by atoms with Crippen molar-refractivity contribution in [2.24, 2.45) is 11.3 Å². The second-order valence-electron chi connectivity index (χ2n) is 6.95. The maximum atomic E-state index is 11.6. The second kappa shape index (κ2) is 5.99. The van der Waals surface area contributed by atoms with Gasteiger partial charge in [0.25, 0.3) is 0 Å². The summed E-state index contributed by atoms with van der Waals surface area (Å²) >= 11 is 0. The monoisotopic (exact) mass is 274 g/mol. The second-order valence-corrected chi connectivity index (χ2v) is 6.95. The van der Waals surface area contributed by atoms with Crippen molar-refractivity contribution in [3.8, 4) is 5.75 Å². The summed E-state index contributed by atoms with van der Waals surface area (Å²) in [6.45, 7) is 8.84. The fourth-order valence-electron chi connectivity index (χ4n) is 3.46. The Labute approximate surface area is 122 Å². The number of carbonyl (C=O) groups is 1. The van der Waals surface area contributed by atoms with Gasteiger partial charge in [0.05, 0.1) is 6.10 Å². The molecule has 0 aliphatic heterocycles. The molecule has 0 N–H and O–H groups in total. The Morgan fingerprint density at radius 1 is 1.25 bits per heavy atom. The van der Waals surface area contributed by atoms with Crippen molar-refractivity contribution in [1.82, 2.24) is 0 Å². The van der Waals surface area contributed by atoms with Crippen molar-refractivity contribution in [3.63, 3.8) is 0 Å². The van der Waals surface area contributed by atoms with Gasteiger partial charge in [0.2, 0.25) is 0 Å². The fourth-order valence-corrected chi connectivity index (χ4v) is 3.46. The highest BCUT2D eigenvalue weighted by molar-refractivity contribution is 5.95. The lowest BCUT2D eigenvalue weighted by Crippen LogP contribution is -2.34. The van der Waals surface area contributed by atoms with Crippen LogP contribution in [0.25, 0.3) is 0 Å². The summed E-state index contributed by atoms with van der Waals surface area (Å²) in [4.78, 5) is 11.6. The van der Waals surface area contributed by atoms with E-state index in [-0.39, 0.29) is 5.78 Å².